The van der Waals surface area contributed by atoms with Crippen LogP contribution in [0.5, 0.6) is 5.75 Å². The third-order valence-electron chi connectivity index (χ3n) is 7.58. The van der Waals surface area contributed by atoms with Crippen molar-refractivity contribution in [2.24, 2.45) is 0 Å². The van der Waals surface area contributed by atoms with E-state index in [0.717, 1.165) is 93.2 Å². The Morgan fingerprint density at radius 1 is 1.02 bits per heavy atom. The van der Waals surface area contributed by atoms with Crippen LogP contribution in [0.15, 0.2) is 30.5 Å². The number of hydrogen-bond acceptors (Lipinski definition) is 9. The van der Waals surface area contributed by atoms with Gasteiger partial charge in [-0.25, -0.2) is 4.98 Å². The Labute approximate surface area is 247 Å². The van der Waals surface area contributed by atoms with Crippen LogP contribution in [0.2, 0.25) is 0 Å². The number of carbonyl (C=O) groups is 2. The summed E-state index contributed by atoms with van der Waals surface area (Å²) < 4.78 is 7.96. The highest BCUT2D eigenvalue weighted by Gasteiger charge is 2.18. The van der Waals surface area contributed by atoms with Crippen LogP contribution in [0.3, 0.4) is 0 Å². The van der Waals surface area contributed by atoms with Crippen LogP contribution < -0.4 is 21.1 Å². The van der Waals surface area contributed by atoms with Crippen molar-refractivity contribution in [3.05, 3.63) is 41.6 Å². The Hall–Kier alpha value is -3.90. The van der Waals surface area contributed by atoms with Crippen molar-refractivity contribution in [1.29, 1.82) is 0 Å². The molecule has 42 heavy (non-hydrogen) atoms. The molecule has 0 aliphatic carbocycles. The fraction of sp³-hybridized carbons (Fsp3) is 0.533. The second-order valence-corrected chi connectivity index (χ2v) is 10.7. The summed E-state index contributed by atoms with van der Waals surface area (Å²) in [6, 6.07) is 8.40. The van der Waals surface area contributed by atoms with Gasteiger partial charge in [0.05, 0.1) is 25.6 Å². The zero-order valence-corrected chi connectivity index (χ0v) is 24.8. The molecule has 228 valence electrons. The van der Waals surface area contributed by atoms with E-state index in [4.69, 9.17) is 15.6 Å². The average molecular weight is 581 g/mol. The van der Waals surface area contributed by atoms with Gasteiger partial charge in [-0.05, 0) is 24.1 Å². The smallest absolute Gasteiger partial charge is 0.303 e. The first-order valence-electron chi connectivity index (χ1n) is 14.8. The lowest BCUT2D eigenvalue weighted by atomic mass is 10.1. The van der Waals surface area contributed by atoms with E-state index in [1.165, 1.54) is 5.56 Å². The standard InChI is InChI=1S/C30H44N8O4/c1-3-4-5-11-33-29-28-24(34-30(31)35-29)10-13-38(28)21-23-7-6-22(19-25(23)42-2)20-37-17-15-36(16-18-37)14-12-32-26(39)8-9-27(40)41/h6-7,10,13,19H,3-5,8-9,11-12,14-18,20-21H2,1-2H3,(H,32,39)(H,40,41)(H3,31,33,34,35). The van der Waals surface area contributed by atoms with Crippen molar-refractivity contribution >= 4 is 34.7 Å². The van der Waals surface area contributed by atoms with Crippen molar-refractivity contribution in [2.45, 2.75) is 52.1 Å². The first-order chi connectivity index (χ1) is 20.4. The molecule has 12 heteroatoms. The van der Waals surface area contributed by atoms with E-state index in [9.17, 15) is 9.59 Å². The lowest BCUT2D eigenvalue weighted by Crippen LogP contribution is -2.48. The summed E-state index contributed by atoms with van der Waals surface area (Å²) >= 11 is 0. The number of rotatable bonds is 16. The molecular formula is C30H44N8O4. The summed E-state index contributed by atoms with van der Waals surface area (Å²) in [5.74, 6) is 0.704. The third kappa shape index (κ3) is 8.80. The highest BCUT2D eigenvalue weighted by atomic mass is 16.5. The normalized spacial score (nSPS) is 14.2. The van der Waals surface area contributed by atoms with Gasteiger partial charge < -0.3 is 30.8 Å². The van der Waals surface area contributed by atoms with E-state index in [-0.39, 0.29) is 24.7 Å². The number of hydrogen-bond donors (Lipinski definition) is 4. The van der Waals surface area contributed by atoms with Crippen LogP contribution in [-0.4, -0.2) is 94.2 Å². The number of methoxy groups -OCH3 is 1. The number of aliphatic carboxylic acids is 1. The first kappa shape index (κ1) is 31.0. The molecule has 0 spiro atoms. The second kappa shape index (κ2) is 15.4. The number of amides is 1. The molecule has 12 nitrogen and oxygen atoms in total. The van der Waals surface area contributed by atoms with Crippen molar-refractivity contribution in [3.8, 4) is 5.75 Å². The monoisotopic (exact) mass is 580 g/mol. The lowest BCUT2D eigenvalue weighted by molar-refractivity contribution is -0.138. The molecule has 5 N–H and O–H groups in total. The summed E-state index contributed by atoms with van der Waals surface area (Å²) in [6.07, 6.45) is 5.29. The maximum atomic E-state index is 11.7. The number of piperazine rings is 1. The first-order valence-corrected chi connectivity index (χ1v) is 14.8. The summed E-state index contributed by atoms with van der Waals surface area (Å²) in [4.78, 5) is 36.0. The SMILES string of the molecule is CCCCCNc1nc(N)nc2ccn(Cc3ccc(CN4CCN(CCNC(=O)CCC(=O)O)CC4)cc3OC)c12. The van der Waals surface area contributed by atoms with E-state index in [1.54, 1.807) is 7.11 Å². The molecule has 1 fully saturated rings. The van der Waals surface area contributed by atoms with E-state index in [0.29, 0.717) is 13.1 Å². The predicted octanol–water partition coefficient (Wildman–Crippen LogP) is 2.77. The fourth-order valence-corrected chi connectivity index (χ4v) is 5.25. The highest BCUT2D eigenvalue weighted by Crippen LogP contribution is 2.27. The summed E-state index contributed by atoms with van der Waals surface area (Å²) in [5, 5.41) is 15.0. The molecule has 1 aromatic carbocycles. The van der Waals surface area contributed by atoms with Gasteiger partial charge in [0.25, 0.3) is 0 Å². The largest absolute Gasteiger partial charge is 0.496 e. The van der Waals surface area contributed by atoms with Crippen molar-refractivity contribution in [1.82, 2.24) is 29.7 Å². The summed E-state index contributed by atoms with van der Waals surface area (Å²) in [7, 11) is 1.71. The average Bonchev–Trinajstić information content (AvgIpc) is 3.38. The maximum Gasteiger partial charge on any atom is 0.303 e. The number of nitrogen functional groups attached to an aromatic ring is 1. The van der Waals surface area contributed by atoms with E-state index >= 15 is 0 Å². The molecule has 0 saturated carbocycles. The van der Waals surface area contributed by atoms with Gasteiger partial charge >= 0.3 is 5.97 Å². The van der Waals surface area contributed by atoms with Gasteiger partial charge in [0.1, 0.15) is 11.3 Å². The molecule has 1 aliphatic heterocycles. The topological polar surface area (TPSA) is 151 Å². The molecule has 0 bridgehead atoms. The number of nitrogens with zero attached hydrogens (tertiary/aromatic N) is 5. The van der Waals surface area contributed by atoms with Gasteiger partial charge in [-0.1, -0.05) is 31.9 Å². The Morgan fingerprint density at radius 2 is 1.81 bits per heavy atom. The lowest BCUT2D eigenvalue weighted by Gasteiger charge is -2.34. The number of fused-ring (bicyclic) bond motifs is 1. The molecule has 3 heterocycles. The molecule has 0 radical (unpaired) electrons. The van der Waals surface area contributed by atoms with Gasteiger partial charge in [-0.15, -0.1) is 0 Å². The maximum absolute atomic E-state index is 11.7. The number of aromatic nitrogens is 3. The minimum Gasteiger partial charge on any atom is -0.496 e. The van der Waals surface area contributed by atoms with Gasteiger partial charge in [-0.2, -0.15) is 4.98 Å². The van der Waals surface area contributed by atoms with Crippen molar-refractivity contribution in [2.75, 3.05) is 64.0 Å². The summed E-state index contributed by atoms with van der Waals surface area (Å²) in [6.45, 7) is 9.48. The number of ether oxygens (including phenoxy) is 1. The molecule has 0 unspecified atom stereocenters. The Balaban J connectivity index is 1.32. The quantitative estimate of drug-likeness (QED) is 0.186. The molecule has 0 atom stereocenters. The fourth-order valence-electron chi connectivity index (χ4n) is 5.25. The number of carbonyl (C=O) groups excluding carboxylic acids is 1. The summed E-state index contributed by atoms with van der Waals surface area (Å²) in [5.41, 5.74) is 10.0. The zero-order chi connectivity index (χ0) is 29.9. The van der Waals surface area contributed by atoms with Crippen LogP contribution in [0.25, 0.3) is 11.0 Å². The van der Waals surface area contributed by atoms with E-state index < -0.39 is 5.97 Å². The van der Waals surface area contributed by atoms with E-state index in [1.807, 2.05) is 12.3 Å². The Morgan fingerprint density at radius 3 is 2.55 bits per heavy atom. The van der Waals surface area contributed by atoms with Crippen LogP contribution in [0.1, 0.15) is 50.2 Å². The van der Waals surface area contributed by atoms with Crippen LogP contribution in [0, 0.1) is 0 Å². The molecule has 1 amide bonds. The van der Waals surface area contributed by atoms with Crippen LogP contribution in [-0.2, 0) is 22.7 Å². The van der Waals surface area contributed by atoms with Gasteiger partial charge in [0, 0.05) is 70.5 Å². The van der Waals surface area contributed by atoms with Crippen LogP contribution in [0.4, 0.5) is 11.8 Å². The number of benzene rings is 1. The van der Waals surface area contributed by atoms with Crippen molar-refractivity contribution < 1.29 is 19.4 Å². The molecular weight excluding hydrogens is 536 g/mol. The van der Waals surface area contributed by atoms with Crippen molar-refractivity contribution in [3.63, 3.8) is 0 Å². The Kier molecular flexibility index (Phi) is 11.4. The number of nitrogens with two attached hydrogens (primary N) is 1. The number of anilines is 2. The number of carboxylic acid groups (broad SMARTS) is 1. The van der Waals surface area contributed by atoms with Gasteiger partial charge in [0.15, 0.2) is 5.82 Å². The zero-order valence-electron chi connectivity index (χ0n) is 24.8. The number of unbranched alkanes of at least 4 members (excludes halogenated alkanes) is 2. The Bertz CT molecular complexity index is 1340. The highest BCUT2D eigenvalue weighted by molar-refractivity contribution is 5.87. The second-order valence-electron chi connectivity index (χ2n) is 10.7. The van der Waals surface area contributed by atoms with Gasteiger partial charge in [0.2, 0.25) is 11.9 Å². The third-order valence-corrected chi connectivity index (χ3v) is 7.58. The number of carboxylic acids is 1. The molecule has 4 rings (SSSR count). The number of nitrogens with one attached hydrogen (secondary N) is 2. The minimum absolute atomic E-state index is 0.0221. The van der Waals surface area contributed by atoms with Gasteiger partial charge in [-0.3, -0.25) is 19.4 Å². The van der Waals surface area contributed by atoms with Crippen LogP contribution >= 0.6 is 0 Å². The molecule has 1 aliphatic rings. The molecule has 3 aromatic rings. The minimum atomic E-state index is -0.955. The molecule has 1 saturated heterocycles. The van der Waals surface area contributed by atoms with E-state index in [2.05, 4.69) is 60.1 Å². The predicted molar refractivity (Wildman–Crippen MR) is 164 cm³/mol. The molecule has 2 aromatic heterocycles.